The van der Waals surface area contributed by atoms with Crippen molar-refractivity contribution in [1.82, 2.24) is 0 Å². The van der Waals surface area contributed by atoms with E-state index >= 15 is 0 Å². The number of carbonyl (C=O) groups is 1. The summed E-state index contributed by atoms with van der Waals surface area (Å²) >= 11 is 1.56. The number of hydrogen-bond donors (Lipinski definition) is 1. The van der Waals surface area contributed by atoms with Gasteiger partial charge in [0.1, 0.15) is 0 Å². The maximum Gasteiger partial charge on any atom is 0.338 e. The van der Waals surface area contributed by atoms with Crippen molar-refractivity contribution in [3.63, 3.8) is 0 Å². The lowest BCUT2D eigenvalue weighted by atomic mass is 10.1. The summed E-state index contributed by atoms with van der Waals surface area (Å²) in [4.78, 5) is 13.7. The first-order valence-electron chi connectivity index (χ1n) is 6.58. The van der Waals surface area contributed by atoms with Crippen LogP contribution < -0.4 is 4.90 Å². The molecule has 0 unspecified atom stereocenters. The summed E-state index contributed by atoms with van der Waals surface area (Å²) < 4.78 is 28.1. The maximum absolute atomic E-state index is 14.2. The lowest BCUT2D eigenvalue weighted by Gasteiger charge is -2.25. The summed E-state index contributed by atoms with van der Waals surface area (Å²) in [5.74, 6) is -3.84. The predicted molar refractivity (Wildman–Crippen MR) is 76.8 cm³/mol. The second-order valence-electron chi connectivity index (χ2n) is 5.00. The largest absolute Gasteiger partial charge is 0.478 e. The molecular formula is C15H13F2NO2S. The molecule has 3 rings (SSSR count). The van der Waals surface area contributed by atoms with Gasteiger partial charge in [0.05, 0.1) is 17.8 Å². The molecule has 0 radical (unpaired) electrons. The molecule has 0 saturated heterocycles. The van der Waals surface area contributed by atoms with E-state index in [1.54, 1.807) is 11.3 Å². The van der Waals surface area contributed by atoms with Gasteiger partial charge in [-0.2, -0.15) is 0 Å². The van der Waals surface area contributed by atoms with Crippen LogP contribution in [0.15, 0.2) is 29.6 Å². The Kier molecular flexibility index (Phi) is 3.63. The van der Waals surface area contributed by atoms with Crippen molar-refractivity contribution in [3.8, 4) is 0 Å². The highest BCUT2D eigenvalue weighted by atomic mass is 32.1. The lowest BCUT2D eigenvalue weighted by Crippen LogP contribution is -2.26. The number of aromatic carboxylic acids is 1. The zero-order valence-electron chi connectivity index (χ0n) is 11.1. The Morgan fingerprint density at radius 2 is 2.05 bits per heavy atom. The smallest absolute Gasteiger partial charge is 0.338 e. The first-order valence-corrected chi connectivity index (χ1v) is 7.46. The monoisotopic (exact) mass is 309 g/mol. The van der Waals surface area contributed by atoms with Gasteiger partial charge < -0.3 is 10.0 Å². The van der Waals surface area contributed by atoms with Crippen LogP contribution in [-0.4, -0.2) is 17.1 Å². The van der Waals surface area contributed by atoms with Gasteiger partial charge in [-0.1, -0.05) is 6.07 Å². The van der Waals surface area contributed by atoms with Crippen molar-refractivity contribution in [1.29, 1.82) is 0 Å². The maximum atomic E-state index is 14.2. The third kappa shape index (κ3) is 2.76. The minimum atomic E-state index is -1.46. The topological polar surface area (TPSA) is 40.5 Å². The molecule has 1 aliphatic carbocycles. The summed E-state index contributed by atoms with van der Waals surface area (Å²) in [6, 6.07) is 6.53. The van der Waals surface area contributed by atoms with E-state index in [1.165, 1.54) is 6.07 Å². The number of hydrogen-bond acceptors (Lipinski definition) is 3. The average Bonchev–Trinajstić information content (AvgIpc) is 3.16. The zero-order chi connectivity index (χ0) is 15.0. The van der Waals surface area contributed by atoms with Gasteiger partial charge in [-0.15, -0.1) is 11.3 Å². The van der Waals surface area contributed by atoms with Crippen molar-refractivity contribution in [2.45, 2.75) is 25.4 Å². The van der Waals surface area contributed by atoms with Crippen molar-refractivity contribution in [2.75, 3.05) is 4.90 Å². The Labute approximate surface area is 124 Å². The number of anilines is 1. The molecule has 1 saturated carbocycles. The molecule has 1 aromatic heterocycles. The fraction of sp³-hybridized carbons (Fsp3) is 0.267. The molecule has 0 spiro atoms. The van der Waals surface area contributed by atoms with Crippen LogP contribution >= 0.6 is 11.3 Å². The molecule has 1 N–H and O–H groups in total. The number of nitrogens with zero attached hydrogens (tertiary/aromatic N) is 1. The van der Waals surface area contributed by atoms with E-state index in [4.69, 9.17) is 5.11 Å². The van der Waals surface area contributed by atoms with Crippen LogP contribution in [0.2, 0.25) is 0 Å². The molecule has 1 heterocycles. The molecule has 2 aromatic rings. The molecule has 0 atom stereocenters. The fourth-order valence-electron chi connectivity index (χ4n) is 2.29. The van der Waals surface area contributed by atoms with Gasteiger partial charge >= 0.3 is 5.97 Å². The van der Waals surface area contributed by atoms with E-state index in [0.717, 1.165) is 23.8 Å². The number of rotatable bonds is 5. The van der Waals surface area contributed by atoms with Crippen LogP contribution in [0.25, 0.3) is 0 Å². The third-order valence-corrected chi connectivity index (χ3v) is 4.36. The average molecular weight is 309 g/mol. The predicted octanol–water partition coefficient (Wildman–Crippen LogP) is 3.89. The number of carboxylic acid groups (broad SMARTS) is 1. The van der Waals surface area contributed by atoms with E-state index in [0.29, 0.717) is 6.54 Å². The summed E-state index contributed by atoms with van der Waals surface area (Å²) in [6.45, 7) is 0.505. The second kappa shape index (κ2) is 5.44. The fourth-order valence-corrected chi connectivity index (χ4v) is 3.00. The van der Waals surface area contributed by atoms with Crippen LogP contribution in [0.1, 0.15) is 28.1 Å². The zero-order valence-corrected chi connectivity index (χ0v) is 11.9. The van der Waals surface area contributed by atoms with Crippen molar-refractivity contribution in [2.24, 2.45) is 0 Å². The quantitative estimate of drug-likeness (QED) is 0.911. The number of halogens is 2. The van der Waals surface area contributed by atoms with Crippen LogP contribution in [0.4, 0.5) is 14.5 Å². The Morgan fingerprint density at radius 3 is 2.62 bits per heavy atom. The number of thiophene rings is 1. The molecule has 3 nitrogen and oxygen atoms in total. The normalized spacial score (nSPS) is 14.2. The van der Waals surface area contributed by atoms with Crippen LogP contribution in [0.5, 0.6) is 0 Å². The lowest BCUT2D eigenvalue weighted by molar-refractivity contribution is 0.0690. The first kappa shape index (κ1) is 14.0. The van der Waals surface area contributed by atoms with E-state index in [1.807, 2.05) is 22.4 Å². The van der Waals surface area contributed by atoms with Crippen molar-refractivity contribution >= 4 is 23.0 Å². The molecule has 1 aromatic carbocycles. The van der Waals surface area contributed by atoms with E-state index < -0.39 is 23.2 Å². The molecule has 21 heavy (non-hydrogen) atoms. The van der Waals surface area contributed by atoms with Gasteiger partial charge in [0.25, 0.3) is 0 Å². The van der Waals surface area contributed by atoms with Gasteiger partial charge in [0.15, 0.2) is 11.6 Å². The standard InChI is InChI=1S/C15H13F2NO2S/c16-13-11(15(19)20)5-6-12(14(13)17)18(9-3-4-9)8-10-2-1-7-21-10/h1-2,5-7,9H,3-4,8H2,(H,19,20). The third-order valence-electron chi connectivity index (χ3n) is 3.50. The van der Waals surface area contributed by atoms with Crippen LogP contribution in [-0.2, 0) is 6.54 Å². The van der Waals surface area contributed by atoms with Gasteiger partial charge in [-0.05, 0) is 36.4 Å². The highest BCUT2D eigenvalue weighted by Crippen LogP contribution is 2.36. The summed E-state index contributed by atoms with van der Waals surface area (Å²) in [5.41, 5.74) is -0.503. The van der Waals surface area contributed by atoms with E-state index in [9.17, 15) is 13.6 Å². The highest BCUT2D eigenvalue weighted by molar-refractivity contribution is 7.09. The molecule has 1 aliphatic rings. The summed E-state index contributed by atoms with van der Waals surface area (Å²) in [7, 11) is 0. The van der Waals surface area contributed by atoms with Gasteiger partial charge in [0.2, 0.25) is 0 Å². The molecule has 6 heteroatoms. The SMILES string of the molecule is O=C(O)c1ccc(N(Cc2cccs2)C2CC2)c(F)c1F. The molecule has 0 amide bonds. The minimum absolute atomic E-state index is 0.133. The number of carboxylic acids is 1. The molecule has 0 aliphatic heterocycles. The second-order valence-corrected chi connectivity index (χ2v) is 6.04. The molecule has 0 bridgehead atoms. The van der Waals surface area contributed by atoms with Gasteiger partial charge in [0, 0.05) is 10.9 Å². The number of benzene rings is 1. The van der Waals surface area contributed by atoms with E-state index in [2.05, 4.69) is 0 Å². The summed E-state index contributed by atoms with van der Waals surface area (Å²) in [5, 5.41) is 10.8. The minimum Gasteiger partial charge on any atom is -0.478 e. The highest BCUT2D eigenvalue weighted by Gasteiger charge is 2.32. The van der Waals surface area contributed by atoms with Crippen LogP contribution in [0, 0.1) is 11.6 Å². The van der Waals surface area contributed by atoms with Crippen molar-refractivity contribution in [3.05, 3.63) is 51.7 Å². The van der Waals surface area contributed by atoms with E-state index in [-0.39, 0.29) is 11.7 Å². The van der Waals surface area contributed by atoms with Gasteiger partial charge in [-0.3, -0.25) is 0 Å². The molecular weight excluding hydrogens is 296 g/mol. The molecule has 1 fully saturated rings. The van der Waals surface area contributed by atoms with Gasteiger partial charge in [-0.25, -0.2) is 13.6 Å². The first-order chi connectivity index (χ1) is 10.1. The summed E-state index contributed by atoms with van der Waals surface area (Å²) in [6.07, 6.45) is 1.88. The Morgan fingerprint density at radius 1 is 1.29 bits per heavy atom. The van der Waals surface area contributed by atoms with Crippen LogP contribution in [0.3, 0.4) is 0 Å². The Bertz CT molecular complexity index is 669. The Hall–Kier alpha value is -1.95. The Balaban J connectivity index is 1.96. The molecule has 110 valence electrons. The van der Waals surface area contributed by atoms with Crippen molar-refractivity contribution < 1.29 is 18.7 Å².